The molecule has 3 N–H and O–H groups in total. The zero-order chi connectivity index (χ0) is 14.5. The van der Waals surface area contributed by atoms with E-state index in [9.17, 15) is 9.90 Å². The van der Waals surface area contributed by atoms with Crippen LogP contribution in [0.25, 0.3) is 11.0 Å². The van der Waals surface area contributed by atoms with Gasteiger partial charge in [0, 0.05) is 12.6 Å². The highest BCUT2D eigenvalue weighted by atomic mass is 16.5. The zero-order valence-electron chi connectivity index (χ0n) is 10.9. The second-order valence-corrected chi connectivity index (χ2v) is 3.87. The molecule has 0 aliphatic heterocycles. The molecular weight excluding hydrogens is 260 g/mol. The fourth-order valence-corrected chi connectivity index (χ4v) is 1.57. The Morgan fingerprint density at radius 3 is 3.05 bits per heavy atom. The van der Waals surface area contributed by atoms with Crippen LogP contribution >= 0.6 is 0 Å². The number of hydrogen-bond acceptors (Lipinski definition) is 5. The van der Waals surface area contributed by atoms with Crippen LogP contribution in [0.15, 0.2) is 31.0 Å². The van der Waals surface area contributed by atoms with E-state index in [4.69, 9.17) is 4.74 Å². The van der Waals surface area contributed by atoms with Crippen molar-refractivity contribution in [1.82, 2.24) is 15.3 Å². The molecule has 0 radical (unpaired) electrons. The van der Waals surface area contributed by atoms with Gasteiger partial charge in [-0.15, -0.1) is 6.58 Å². The summed E-state index contributed by atoms with van der Waals surface area (Å²) in [5.74, 6) is 0.186. The maximum absolute atomic E-state index is 11.5. The minimum Gasteiger partial charge on any atom is -0.504 e. The molecule has 104 valence electrons. The predicted molar refractivity (Wildman–Crippen MR) is 75.0 cm³/mol. The van der Waals surface area contributed by atoms with E-state index >= 15 is 0 Å². The van der Waals surface area contributed by atoms with Crippen LogP contribution in [-0.2, 0) is 0 Å². The number of amides is 2. The van der Waals surface area contributed by atoms with Crippen molar-refractivity contribution in [2.45, 2.75) is 0 Å². The van der Waals surface area contributed by atoms with Gasteiger partial charge in [0.2, 0.25) is 5.88 Å². The summed E-state index contributed by atoms with van der Waals surface area (Å²) >= 11 is 0. The third-order valence-electron chi connectivity index (χ3n) is 2.52. The van der Waals surface area contributed by atoms with Crippen LogP contribution in [0, 0.1) is 0 Å². The van der Waals surface area contributed by atoms with Crippen LogP contribution in [0.5, 0.6) is 11.6 Å². The number of carbonyl (C=O) groups is 1. The zero-order valence-corrected chi connectivity index (χ0v) is 10.9. The largest absolute Gasteiger partial charge is 0.504 e. The minimum atomic E-state index is -0.468. The molecule has 0 aliphatic carbocycles. The van der Waals surface area contributed by atoms with Gasteiger partial charge in [0.05, 0.1) is 18.8 Å². The van der Waals surface area contributed by atoms with E-state index in [1.54, 1.807) is 18.2 Å². The SMILES string of the molecule is C=CCNC(=O)Nc1cnc2ccc(OC)nc2c1O. The Labute approximate surface area is 115 Å². The lowest BCUT2D eigenvalue weighted by molar-refractivity contribution is 0.253. The van der Waals surface area contributed by atoms with Gasteiger partial charge in [0.25, 0.3) is 0 Å². The summed E-state index contributed by atoms with van der Waals surface area (Å²) in [5.41, 5.74) is 0.922. The minimum absolute atomic E-state index is 0.164. The molecule has 0 aromatic carbocycles. The third kappa shape index (κ3) is 2.77. The highest BCUT2D eigenvalue weighted by Gasteiger charge is 2.12. The Bertz CT molecular complexity index is 657. The van der Waals surface area contributed by atoms with Gasteiger partial charge >= 0.3 is 6.03 Å². The van der Waals surface area contributed by atoms with Crippen LogP contribution in [-0.4, -0.2) is 34.8 Å². The first-order chi connectivity index (χ1) is 9.65. The van der Waals surface area contributed by atoms with Crippen molar-refractivity contribution in [2.75, 3.05) is 19.0 Å². The average molecular weight is 274 g/mol. The second kappa shape index (κ2) is 5.87. The number of aromatic hydroxyl groups is 1. The lowest BCUT2D eigenvalue weighted by Crippen LogP contribution is -2.28. The monoisotopic (exact) mass is 274 g/mol. The van der Waals surface area contributed by atoms with Crippen LogP contribution < -0.4 is 15.4 Å². The maximum Gasteiger partial charge on any atom is 0.319 e. The standard InChI is InChI=1S/C13H14N4O3/c1-3-6-14-13(19)16-9-7-15-8-4-5-10(20-2)17-11(8)12(9)18/h3-5,7H,1,6H2,2H3,(H,15,18)(H2,14,16,19). The number of ether oxygens (including phenoxy) is 1. The van der Waals surface area contributed by atoms with E-state index in [1.807, 2.05) is 0 Å². The van der Waals surface area contributed by atoms with Gasteiger partial charge in [-0.25, -0.2) is 9.78 Å². The van der Waals surface area contributed by atoms with Crippen molar-refractivity contribution in [3.63, 3.8) is 0 Å². The van der Waals surface area contributed by atoms with Gasteiger partial charge in [-0.2, -0.15) is 0 Å². The molecule has 0 saturated carbocycles. The first-order valence-corrected chi connectivity index (χ1v) is 5.84. The topological polar surface area (TPSA) is 96.4 Å². The first-order valence-electron chi connectivity index (χ1n) is 5.84. The van der Waals surface area contributed by atoms with Gasteiger partial charge in [-0.05, 0) is 6.07 Å². The molecule has 0 atom stereocenters. The van der Waals surface area contributed by atoms with Gasteiger partial charge in [0.15, 0.2) is 5.75 Å². The van der Waals surface area contributed by atoms with Crippen molar-refractivity contribution in [2.24, 2.45) is 0 Å². The summed E-state index contributed by atoms with van der Waals surface area (Å²) in [6.45, 7) is 3.81. The van der Waals surface area contributed by atoms with Gasteiger partial charge < -0.3 is 20.5 Å². The van der Waals surface area contributed by atoms with E-state index < -0.39 is 6.03 Å². The third-order valence-corrected chi connectivity index (χ3v) is 2.52. The van der Waals surface area contributed by atoms with Crippen molar-refractivity contribution in [3.05, 3.63) is 31.0 Å². The normalized spacial score (nSPS) is 10.1. The molecule has 20 heavy (non-hydrogen) atoms. The second-order valence-electron chi connectivity index (χ2n) is 3.87. The molecule has 0 aliphatic rings. The van der Waals surface area contributed by atoms with Crippen molar-refractivity contribution in [3.8, 4) is 11.6 Å². The van der Waals surface area contributed by atoms with Crippen molar-refractivity contribution < 1.29 is 14.6 Å². The smallest absolute Gasteiger partial charge is 0.319 e. The summed E-state index contributed by atoms with van der Waals surface area (Å²) in [4.78, 5) is 19.7. The predicted octanol–water partition coefficient (Wildman–Crippen LogP) is 1.65. The summed E-state index contributed by atoms with van der Waals surface area (Å²) < 4.78 is 4.99. The Morgan fingerprint density at radius 1 is 1.55 bits per heavy atom. The number of rotatable bonds is 4. The van der Waals surface area contributed by atoms with Crippen LogP contribution in [0.2, 0.25) is 0 Å². The Morgan fingerprint density at radius 2 is 2.35 bits per heavy atom. The van der Waals surface area contributed by atoms with Crippen LogP contribution in [0.4, 0.5) is 10.5 Å². The fourth-order valence-electron chi connectivity index (χ4n) is 1.57. The van der Waals surface area contributed by atoms with E-state index in [2.05, 4.69) is 27.2 Å². The van der Waals surface area contributed by atoms with Gasteiger partial charge in [-0.1, -0.05) is 6.08 Å². The lowest BCUT2D eigenvalue weighted by Gasteiger charge is -2.09. The number of anilines is 1. The maximum atomic E-state index is 11.5. The first kappa shape index (κ1) is 13.6. The number of nitrogens with zero attached hydrogens (tertiary/aromatic N) is 2. The molecule has 0 fully saturated rings. The quantitative estimate of drug-likeness (QED) is 0.737. The molecular formula is C13H14N4O3. The highest BCUT2D eigenvalue weighted by Crippen LogP contribution is 2.30. The lowest BCUT2D eigenvalue weighted by atomic mass is 10.2. The fraction of sp³-hybridized carbons (Fsp3) is 0.154. The van der Waals surface area contributed by atoms with Crippen molar-refractivity contribution in [1.29, 1.82) is 0 Å². The molecule has 7 nitrogen and oxygen atoms in total. The number of methoxy groups -OCH3 is 1. The Hall–Kier alpha value is -2.83. The van der Waals surface area contributed by atoms with E-state index in [0.717, 1.165) is 0 Å². The Kier molecular flexibility index (Phi) is 3.99. The molecule has 0 bridgehead atoms. The van der Waals surface area contributed by atoms with E-state index in [0.29, 0.717) is 17.9 Å². The molecule has 0 saturated heterocycles. The van der Waals surface area contributed by atoms with E-state index in [1.165, 1.54) is 13.3 Å². The number of pyridine rings is 2. The molecule has 7 heteroatoms. The molecule has 0 unspecified atom stereocenters. The molecule has 2 heterocycles. The summed E-state index contributed by atoms with van der Waals surface area (Å²) in [6.07, 6.45) is 2.91. The summed E-state index contributed by atoms with van der Waals surface area (Å²) in [5, 5.41) is 15.1. The number of aromatic nitrogens is 2. The van der Waals surface area contributed by atoms with Crippen LogP contribution in [0.1, 0.15) is 0 Å². The number of carbonyl (C=O) groups excluding carboxylic acids is 1. The average Bonchev–Trinajstić information content (AvgIpc) is 2.47. The van der Waals surface area contributed by atoms with Crippen LogP contribution in [0.3, 0.4) is 0 Å². The summed E-state index contributed by atoms with van der Waals surface area (Å²) in [7, 11) is 1.48. The molecule has 2 aromatic rings. The molecule has 2 amide bonds. The molecule has 2 aromatic heterocycles. The number of nitrogens with one attached hydrogen (secondary N) is 2. The molecule has 2 rings (SSSR count). The number of fused-ring (bicyclic) bond motifs is 1. The summed E-state index contributed by atoms with van der Waals surface area (Å²) in [6, 6.07) is 2.84. The van der Waals surface area contributed by atoms with Gasteiger partial charge in [0.1, 0.15) is 11.2 Å². The van der Waals surface area contributed by atoms with Crippen molar-refractivity contribution >= 4 is 22.8 Å². The van der Waals surface area contributed by atoms with E-state index in [-0.39, 0.29) is 17.0 Å². The Balaban J connectivity index is 2.32. The van der Waals surface area contributed by atoms with Gasteiger partial charge in [-0.3, -0.25) is 4.98 Å². The number of hydrogen-bond donors (Lipinski definition) is 3. The molecule has 0 spiro atoms. The number of urea groups is 1. The highest BCUT2D eigenvalue weighted by molar-refractivity contribution is 5.95.